The van der Waals surface area contributed by atoms with Crippen LogP contribution in [0.5, 0.6) is 0 Å². The molecule has 0 radical (unpaired) electrons. The van der Waals surface area contributed by atoms with Crippen LogP contribution in [0.2, 0.25) is 0 Å². The summed E-state index contributed by atoms with van der Waals surface area (Å²) in [7, 11) is 0. The number of amides is 1. The monoisotopic (exact) mass is 248 g/mol. The smallest absolute Gasteiger partial charge is 0.310 e. The number of hydrogen-bond acceptors (Lipinski definition) is 3. The third-order valence-corrected chi connectivity index (χ3v) is 3.25. The molecule has 0 unspecified atom stereocenters. The number of para-hydroxylation sites is 1. The Morgan fingerprint density at radius 3 is 2.61 bits per heavy atom. The Kier molecular flexibility index (Phi) is 3.50. The Hall–Kier alpha value is -2.04. The van der Waals surface area contributed by atoms with Crippen LogP contribution in [0.15, 0.2) is 24.3 Å². The van der Waals surface area contributed by atoms with Crippen LogP contribution >= 0.6 is 0 Å². The zero-order chi connectivity index (χ0) is 13.1. The van der Waals surface area contributed by atoms with Gasteiger partial charge in [-0.3, -0.25) is 9.59 Å². The highest BCUT2D eigenvalue weighted by molar-refractivity contribution is 5.81. The predicted molar refractivity (Wildman–Crippen MR) is 66.9 cm³/mol. The molecule has 0 aromatic heterocycles. The van der Waals surface area contributed by atoms with Crippen molar-refractivity contribution in [2.24, 2.45) is 5.92 Å². The van der Waals surface area contributed by atoms with Crippen LogP contribution in [0.3, 0.4) is 0 Å². The topological polar surface area (TPSA) is 83.6 Å². The number of nitrogens with zero attached hydrogens (tertiary/aromatic N) is 1. The molecule has 1 fully saturated rings. The number of nitrogen functional groups attached to an aromatic ring is 1. The van der Waals surface area contributed by atoms with Crippen LogP contribution in [0, 0.1) is 5.92 Å². The van der Waals surface area contributed by atoms with Crippen molar-refractivity contribution in [2.75, 3.05) is 18.8 Å². The lowest BCUT2D eigenvalue weighted by Gasteiger charge is -2.36. The third kappa shape index (κ3) is 2.61. The lowest BCUT2D eigenvalue weighted by Crippen LogP contribution is -2.53. The Bertz CT molecular complexity index is 467. The first-order chi connectivity index (χ1) is 8.58. The number of carboxylic acids is 1. The van der Waals surface area contributed by atoms with Gasteiger partial charge >= 0.3 is 5.97 Å². The fraction of sp³-hybridized carbons (Fsp3) is 0.385. The predicted octanol–water partition coefficient (Wildman–Crippen LogP) is 0.744. The van der Waals surface area contributed by atoms with E-state index in [2.05, 4.69) is 0 Å². The van der Waals surface area contributed by atoms with E-state index in [1.807, 2.05) is 24.3 Å². The maximum Gasteiger partial charge on any atom is 0.310 e. The van der Waals surface area contributed by atoms with Crippen molar-refractivity contribution in [3.05, 3.63) is 29.8 Å². The van der Waals surface area contributed by atoms with Gasteiger partial charge in [-0.15, -0.1) is 0 Å². The molecule has 2 rings (SSSR count). The van der Waals surface area contributed by atoms with Crippen LogP contribution in [0.4, 0.5) is 5.69 Å². The maximum atomic E-state index is 11.8. The van der Waals surface area contributed by atoms with E-state index in [0.717, 1.165) is 5.56 Å². The van der Waals surface area contributed by atoms with Crippen molar-refractivity contribution in [2.45, 2.75) is 12.8 Å². The Morgan fingerprint density at radius 2 is 2.00 bits per heavy atom. The normalized spacial score (nSPS) is 15.2. The van der Waals surface area contributed by atoms with Gasteiger partial charge in [-0.05, 0) is 18.1 Å². The molecule has 1 aromatic rings. The molecular formula is C13H16N2O3. The molecule has 1 amide bonds. The first kappa shape index (κ1) is 12.4. The van der Waals surface area contributed by atoms with Crippen LogP contribution in [-0.4, -0.2) is 35.0 Å². The molecule has 1 aromatic carbocycles. The number of hydrogen-bond donors (Lipinski definition) is 2. The summed E-state index contributed by atoms with van der Waals surface area (Å²) < 4.78 is 0. The van der Waals surface area contributed by atoms with Crippen LogP contribution in [-0.2, 0) is 16.0 Å². The molecule has 1 aliphatic rings. The van der Waals surface area contributed by atoms with Gasteiger partial charge in [-0.25, -0.2) is 0 Å². The van der Waals surface area contributed by atoms with Gasteiger partial charge in [0.1, 0.15) is 0 Å². The Labute approximate surface area is 105 Å². The summed E-state index contributed by atoms with van der Waals surface area (Å²) in [6.45, 7) is 0.664. The molecule has 96 valence electrons. The van der Waals surface area contributed by atoms with E-state index in [1.165, 1.54) is 0 Å². The van der Waals surface area contributed by atoms with Gasteiger partial charge < -0.3 is 15.7 Å². The van der Waals surface area contributed by atoms with Crippen molar-refractivity contribution in [3.8, 4) is 0 Å². The van der Waals surface area contributed by atoms with Gasteiger partial charge in [0, 0.05) is 25.2 Å². The molecule has 0 spiro atoms. The third-order valence-electron chi connectivity index (χ3n) is 3.25. The lowest BCUT2D eigenvalue weighted by molar-refractivity contribution is -0.152. The summed E-state index contributed by atoms with van der Waals surface area (Å²) in [6.07, 6.45) is 0.973. The van der Waals surface area contributed by atoms with Crippen molar-refractivity contribution in [3.63, 3.8) is 0 Å². The Morgan fingerprint density at radius 1 is 1.33 bits per heavy atom. The van der Waals surface area contributed by atoms with E-state index in [4.69, 9.17) is 10.8 Å². The minimum atomic E-state index is -0.827. The number of aliphatic carboxylic acids is 1. The first-order valence-corrected chi connectivity index (χ1v) is 5.92. The first-order valence-electron chi connectivity index (χ1n) is 5.92. The van der Waals surface area contributed by atoms with Crippen LogP contribution in [0.1, 0.15) is 12.0 Å². The molecule has 0 atom stereocenters. The lowest BCUT2D eigenvalue weighted by atomic mass is 9.99. The number of benzene rings is 1. The number of rotatable bonds is 4. The van der Waals surface area contributed by atoms with E-state index in [0.29, 0.717) is 31.6 Å². The minimum Gasteiger partial charge on any atom is -0.481 e. The summed E-state index contributed by atoms with van der Waals surface area (Å²) in [6, 6.07) is 7.45. The van der Waals surface area contributed by atoms with E-state index >= 15 is 0 Å². The molecule has 1 saturated heterocycles. The van der Waals surface area contributed by atoms with E-state index in [1.54, 1.807) is 4.90 Å². The van der Waals surface area contributed by atoms with Gasteiger partial charge in [-0.2, -0.15) is 0 Å². The van der Waals surface area contributed by atoms with Crippen molar-refractivity contribution in [1.29, 1.82) is 0 Å². The molecule has 1 aliphatic heterocycles. The second-order valence-electron chi connectivity index (χ2n) is 4.53. The molecule has 0 saturated carbocycles. The van der Waals surface area contributed by atoms with Gasteiger partial charge in [0.15, 0.2) is 0 Å². The molecule has 5 heteroatoms. The number of aryl methyl sites for hydroxylation is 1. The Balaban J connectivity index is 1.80. The van der Waals surface area contributed by atoms with E-state index in [-0.39, 0.29) is 5.91 Å². The molecule has 3 N–H and O–H groups in total. The largest absolute Gasteiger partial charge is 0.481 e. The molecule has 0 aliphatic carbocycles. The zero-order valence-electron chi connectivity index (χ0n) is 10.0. The number of anilines is 1. The second-order valence-corrected chi connectivity index (χ2v) is 4.53. The number of carbonyl (C=O) groups is 2. The molecule has 18 heavy (non-hydrogen) atoms. The average Bonchev–Trinajstić information content (AvgIpc) is 2.25. The standard InChI is InChI=1S/C13H16N2O3/c14-11-4-2-1-3-9(11)5-6-12(16)15-7-10(8-15)13(17)18/h1-4,10H,5-8,14H2,(H,17,18). The number of likely N-dealkylation sites (tertiary alicyclic amines) is 1. The molecule has 1 heterocycles. The summed E-state index contributed by atoms with van der Waals surface area (Å²) in [5.74, 6) is -1.22. The minimum absolute atomic E-state index is 0.00393. The highest BCUT2D eigenvalue weighted by atomic mass is 16.4. The summed E-state index contributed by atoms with van der Waals surface area (Å²) >= 11 is 0. The van der Waals surface area contributed by atoms with E-state index < -0.39 is 11.9 Å². The fourth-order valence-electron chi connectivity index (χ4n) is 2.00. The molecule has 0 bridgehead atoms. The number of carbonyl (C=O) groups excluding carboxylic acids is 1. The molecule has 5 nitrogen and oxygen atoms in total. The second kappa shape index (κ2) is 5.08. The van der Waals surface area contributed by atoms with Crippen LogP contribution < -0.4 is 5.73 Å². The summed E-state index contributed by atoms with van der Waals surface area (Å²) in [4.78, 5) is 24.0. The average molecular weight is 248 g/mol. The van der Waals surface area contributed by atoms with Gasteiger partial charge in [0.25, 0.3) is 0 Å². The van der Waals surface area contributed by atoms with Crippen molar-refractivity contribution >= 4 is 17.6 Å². The number of nitrogens with two attached hydrogens (primary N) is 1. The zero-order valence-corrected chi connectivity index (χ0v) is 10.0. The van der Waals surface area contributed by atoms with Crippen molar-refractivity contribution in [1.82, 2.24) is 4.90 Å². The van der Waals surface area contributed by atoms with Gasteiger partial charge in [0.05, 0.1) is 5.92 Å². The van der Waals surface area contributed by atoms with Crippen molar-refractivity contribution < 1.29 is 14.7 Å². The summed E-state index contributed by atoms with van der Waals surface area (Å²) in [5, 5.41) is 8.72. The van der Waals surface area contributed by atoms with E-state index in [9.17, 15) is 9.59 Å². The van der Waals surface area contributed by atoms with Gasteiger partial charge in [0.2, 0.25) is 5.91 Å². The highest BCUT2D eigenvalue weighted by Crippen LogP contribution is 2.18. The SMILES string of the molecule is Nc1ccccc1CCC(=O)N1CC(C(=O)O)C1. The highest BCUT2D eigenvalue weighted by Gasteiger charge is 2.35. The summed E-state index contributed by atoms with van der Waals surface area (Å²) in [5.41, 5.74) is 7.44. The number of carboxylic acid groups (broad SMARTS) is 1. The van der Waals surface area contributed by atoms with Crippen LogP contribution in [0.25, 0.3) is 0 Å². The van der Waals surface area contributed by atoms with Gasteiger partial charge in [-0.1, -0.05) is 18.2 Å². The molecular weight excluding hydrogens is 232 g/mol. The maximum absolute atomic E-state index is 11.8. The quantitative estimate of drug-likeness (QED) is 0.770. The fourth-order valence-corrected chi connectivity index (χ4v) is 2.00.